The molecule has 0 N–H and O–H groups in total. The first-order chi connectivity index (χ1) is 12.1. The zero-order chi connectivity index (χ0) is 17.4. The van der Waals surface area contributed by atoms with Gasteiger partial charge in [-0.2, -0.15) is 9.61 Å². The van der Waals surface area contributed by atoms with Crippen LogP contribution in [0.4, 0.5) is 0 Å². The van der Waals surface area contributed by atoms with Gasteiger partial charge in [-0.15, -0.1) is 0 Å². The summed E-state index contributed by atoms with van der Waals surface area (Å²) in [4.78, 5) is 19.5. The van der Waals surface area contributed by atoms with Crippen molar-refractivity contribution in [2.24, 2.45) is 0 Å². The summed E-state index contributed by atoms with van der Waals surface area (Å²) in [5, 5.41) is 5.40. The smallest absolute Gasteiger partial charge is 0.275 e. The lowest BCUT2D eigenvalue weighted by Crippen LogP contribution is -2.25. The van der Waals surface area contributed by atoms with E-state index in [2.05, 4.69) is 27.1 Å². The molecule has 0 aliphatic heterocycles. The quantitative estimate of drug-likeness (QED) is 0.679. The molecular formula is C18H20N4O2S. The molecule has 4 rings (SSSR count). The van der Waals surface area contributed by atoms with Crippen molar-refractivity contribution < 1.29 is 4.74 Å². The van der Waals surface area contributed by atoms with Crippen molar-refractivity contribution in [2.75, 3.05) is 7.11 Å². The second-order valence-electron chi connectivity index (χ2n) is 6.41. The number of aryl methyl sites for hydroxylation is 1. The van der Waals surface area contributed by atoms with Crippen molar-refractivity contribution >= 4 is 16.3 Å². The molecule has 6 nitrogen and oxygen atoms in total. The maximum Gasteiger partial charge on any atom is 0.275 e. The van der Waals surface area contributed by atoms with E-state index < -0.39 is 0 Å². The molecule has 0 unspecified atom stereocenters. The molecule has 1 saturated carbocycles. The van der Waals surface area contributed by atoms with E-state index >= 15 is 0 Å². The Bertz CT molecular complexity index is 944. The first-order valence-electron chi connectivity index (χ1n) is 8.36. The third kappa shape index (κ3) is 3.57. The minimum atomic E-state index is -0.113. The van der Waals surface area contributed by atoms with Gasteiger partial charge in [0.05, 0.1) is 13.7 Å². The molecule has 2 heterocycles. The molecule has 0 spiro atoms. The Balaban J connectivity index is 1.55. The number of rotatable bonds is 6. The van der Waals surface area contributed by atoms with E-state index in [1.54, 1.807) is 7.11 Å². The van der Waals surface area contributed by atoms with Gasteiger partial charge in [-0.25, -0.2) is 4.98 Å². The average Bonchev–Trinajstić information content (AvgIpc) is 3.36. The lowest BCUT2D eigenvalue weighted by molar-refractivity contribution is 0.244. The highest BCUT2D eigenvalue weighted by Gasteiger charge is 2.29. The summed E-state index contributed by atoms with van der Waals surface area (Å²) < 4.78 is 6.63. The summed E-state index contributed by atoms with van der Waals surface area (Å²) in [5.41, 5.74) is 1.87. The molecule has 0 amide bonds. The van der Waals surface area contributed by atoms with Crippen molar-refractivity contribution in [3.8, 4) is 5.75 Å². The lowest BCUT2D eigenvalue weighted by atomic mass is 10.2. The highest BCUT2D eigenvalue weighted by molar-refractivity contribution is 7.16. The Morgan fingerprint density at radius 3 is 2.72 bits per heavy atom. The van der Waals surface area contributed by atoms with Crippen LogP contribution in [-0.2, 0) is 13.1 Å². The summed E-state index contributed by atoms with van der Waals surface area (Å²) >= 11 is 1.49. The maximum absolute atomic E-state index is 12.0. The van der Waals surface area contributed by atoms with Gasteiger partial charge in [0, 0.05) is 24.3 Å². The van der Waals surface area contributed by atoms with Crippen molar-refractivity contribution in [3.63, 3.8) is 0 Å². The molecule has 7 heteroatoms. The summed E-state index contributed by atoms with van der Waals surface area (Å²) in [7, 11) is 1.68. The molecule has 0 atom stereocenters. The lowest BCUT2D eigenvalue weighted by Gasteiger charge is -2.20. The number of ether oxygens (including phenoxy) is 1. The average molecular weight is 356 g/mol. The van der Waals surface area contributed by atoms with Crippen molar-refractivity contribution in [1.82, 2.24) is 19.5 Å². The van der Waals surface area contributed by atoms with Gasteiger partial charge in [0.25, 0.3) is 5.56 Å². The van der Waals surface area contributed by atoms with Crippen LogP contribution in [-0.4, -0.2) is 32.6 Å². The summed E-state index contributed by atoms with van der Waals surface area (Å²) in [6, 6.07) is 10.3. The predicted octanol–water partition coefficient (Wildman–Crippen LogP) is 2.63. The molecule has 130 valence electrons. The maximum atomic E-state index is 12.0. The number of methoxy groups -OCH3 is 1. The van der Waals surface area contributed by atoms with E-state index in [1.165, 1.54) is 40.3 Å². The van der Waals surface area contributed by atoms with Crippen molar-refractivity contribution in [3.05, 3.63) is 57.0 Å². The first kappa shape index (κ1) is 16.2. The van der Waals surface area contributed by atoms with E-state index in [-0.39, 0.29) is 5.56 Å². The van der Waals surface area contributed by atoms with Crippen LogP contribution in [0, 0.1) is 6.92 Å². The van der Waals surface area contributed by atoms with Gasteiger partial charge in [-0.05, 0) is 37.5 Å². The number of nitrogens with zero attached hydrogens (tertiary/aromatic N) is 4. The standard InChI is InChI=1S/C18H20N4O2S/c1-12-9-17(23)22-18(19-12)25-16(20-22)11-21(14-5-6-14)10-13-3-7-15(24-2)8-4-13/h3-4,7-9,14H,5-6,10-11H2,1-2H3. The fourth-order valence-corrected chi connectivity index (χ4v) is 3.89. The van der Waals surface area contributed by atoms with E-state index in [4.69, 9.17) is 4.74 Å². The fourth-order valence-electron chi connectivity index (χ4n) is 2.92. The van der Waals surface area contributed by atoms with Crippen LogP contribution in [0.25, 0.3) is 4.96 Å². The molecule has 1 fully saturated rings. The summed E-state index contributed by atoms with van der Waals surface area (Å²) in [5.74, 6) is 0.869. The van der Waals surface area contributed by atoms with E-state index in [0.717, 1.165) is 29.5 Å². The number of benzene rings is 1. The topological polar surface area (TPSA) is 59.7 Å². The van der Waals surface area contributed by atoms with Crippen LogP contribution in [0.2, 0.25) is 0 Å². The highest BCUT2D eigenvalue weighted by atomic mass is 32.1. The second-order valence-corrected chi connectivity index (χ2v) is 7.45. The number of hydrogen-bond donors (Lipinski definition) is 0. The third-order valence-electron chi connectivity index (χ3n) is 4.36. The number of fused-ring (bicyclic) bond motifs is 1. The van der Waals surface area contributed by atoms with Gasteiger partial charge >= 0.3 is 0 Å². The molecule has 3 aromatic rings. The van der Waals surface area contributed by atoms with Gasteiger partial charge in [-0.3, -0.25) is 9.69 Å². The molecule has 0 bridgehead atoms. The second kappa shape index (κ2) is 6.57. The van der Waals surface area contributed by atoms with Crippen molar-refractivity contribution in [1.29, 1.82) is 0 Å². The Labute approximate surface area is 149 Å². The molecule has 1 aliphatic rings. The van der Waals surface area contributed by atoms with E-state index in [9.17, 15) is 4.79 Å². The molecule has 1 aromatic carbocycles. The predicted molar refractivity (Wildman–Crippen MR) is 97.1 cm³/mol. The molecule has 25 heavy (non-hydrogen) atoms. The Hall–Kier alpha value is -2.25. The van der Waals surface area contributed by atoms with Crippen LogP contribution in [0.1, 0.15) is 29.1 Å². The SMILES string of the molecule is COc1ccc(CN(Cc2nn3c(=O)cc(C)nc3s2)C2CC2)cc1. The van der Waals surface area contributed by atoms with Crippen LogP contribution >= 0.6 is 11.3 Å². The highest BCUT2D eigenvalue weighted by Crippen LogP contribution is 2.30. The molecule has 0 radical (unpaired) electrons. The Kier molecular flexibility index (Phi) is 4.27. The fraction of sp³-hybridized carbons (Fsp3) is 0.389. The van der Waals surface area contributed by atoms with Crippen LogP contribution in [0.3, 0.4) is 0 Å². The largest absolute Gasteiger partial charge is 0.497 e. The van der Waals surface area contributed by atoms with Crippen LogP contribution in [0.15, 0.2) is 35.1 Å². The normalized spacial score (nSPS) is 14.4. The van der Waals surface area contributed by atoms with Crippen LogP contribution < -0.4 is 10.3 Å². The molecule has 0 saturated heterocycles. The number of aromatic nitrogens is 3. The Morgan fingerprint density at radius 2 is 2.04 bits per heavy atom. The van der Waals surface area contributed by atoms with Crippen LogP contribution in [0.5, 0.6) is 5.75 Å². The zero-order valence-electron chi connectivity index (χ0n) is 14.3. The van der Waals surface area contributed by atoms with Crippen molar-refractivity contribution in [2.45, 2.75) is 38.9 Å². The van der Waals surface area contributed by atoms with E-state index in [1.807, 2.05) is 19.1 Å². The van der Waals surface area contributed by atoms with Gasteiger partial charge in [0.15, 0.2) is 0 Å². The summed E-state index contributed by atoms with van der Waals surface area (Å²) in [6.45, 7) is 3.44. The molecule has 1 aliphatic carbocycles. The van der Waals surface area contributed by atoms with E-state index in [0.29, 0.717) is 11.0 Å². The molecular weight excluding hydrogens is 336 g/mol. The summed E-state index contributed by atoms with van der Waals surface area (Å²) in [6.07, 6.45) is 2.44. The minimum Gasteiger partial charge on any atom is -0.497 e. The number of hydrogen-bond acceptors (Lipinski definition) is 6. The third-order valence-corrected chi connectivity index (χ3v) is 5.25. The van der Waals surface area contributed by atoms with Gasteiger partial charge < -0.3 is 4.74 Å². The first-order valence-corrected chi connectivity index (χ1v) is 9.17. The van der Waals surface area contributed by atoms with Gasteiger partial charge in [-0.1, -0.05) is 23.5 Å². The Morgan fingerprint density at radius 1 is 1.28 bits per heavy atom. The minimum absolute atomic E-state index is 0.113. The zero-order valence-corrected chi connectivity index (χ0v) is 15.1. The van der Waals surface area contributed by atoms with Gasteiger partial charge in [0.2, 0.25) is 4.96 Å². The monoisotopic (exact) mass is 356 g/mol. The molecule has 2 aromatic heterocycles. The van der Waals surface area contributed by atoms with Gasteiger partial charge in [0.1, 0.15) is 10.8 Å².